The molecule has 4 nitrogen and oxygen atoms in total. The number of ether oxygens (including phenoxy) is 2. The third-order valence-electron chi connectivity index (χ3n) is 2.34. The summed E-state index contributed by atoms with van der Waals surface area (Å²) in [4.78, 5) is 0. The van der Waals surface area contributed by atoms with Crippen LogP contribution < -0.4 is 14.8 Å². The molecule has 0 aliphatic carbocycles. The van der Waals surface area contributed by atoms with E-state index in [1.165, 1.54) is 0 Å². The van der Waals surface area contributed by atoms with Gasteiger partial charge in [-0.05, 0) is 19.1 Å². The fourth-order valence-corrected chi connectivity index (χ4v) is 1.46. The number of hydrogen-bond donors (Lipinski definition) is 2. The molecule has 0 fully saturated rings. The summed E-state index contributed by atoms with van der Waals surface area (Å²) in [6, 6.07) is 7.84. The minimum absolute atomic E-state index is 0.254. The van der Waals surface area contributed by atoms with Crippen LogP contribution in [0, 0.1) is 0 Å². The van der Waals surface area contributed by atoms with Crippen LogP contribution in [0.1, 0.15) is 20.8 Å². The van der Waals surface area contributed by atoms with E-state index in [9.17, 15) is 5.11 Å². The predicted molar refractivity (Wildman–Crippen MR) is 72.3 cm³/mol. The normalized spacial score (nSPS) is 12.5. The molecule has 1 aromatic carbocycles. The number of aliphatic hydroxyl groups excluding tert-OH is 1. The van der Waals surface area contributed by atoms with Crippen LogP contribution in [-0.2, 0) is 0 Å². The van der Waals surface area contributed by atoms with Crippen LogP contribution in [0.4, 0.5) is 0 Å². The van der Waals surface area contributed by atoms with E-state index < -0.39 is 6.10 Å². The molecule has 0 unspecified atom stereocenters. The molecular weight excluding hydrogens is 230 g/mol. The van der Waals surface area contributed by atoms with Gasteiger partial charge in [0.25, 0.3) is 0 Å². The second-order valence-corrected chi connectivity index (χ2v) is 4.41. The average molecular weight is 253 g/mol. The molecule has 18 heavy (non-hydrogen) atoms. The molecule has 0 aliphatic heterocycles. The first-order valence-corrected chi connectivity index (χ1v) is 6.39. The first-order valence-electron chi connectivity index (χ1n) is 6.39. The van der Waals surface area contributed by atoms with Crippen molar-refractivity contribution >= 4 is 0 Å². The Labute approximate surface area is 109 Å². The highest BCUT2D eigenvalue weighted by molar-refractivity contribution is 5.39. The fraction of sp³-hybridized carbons (Fsp3) is 0.571. The quantitative estimate of drug-likeness (QED) is 0.742. The van der Waals surface area contributed by atoms with Gasteiger partial charge in [-0.1, -0.05) is 26.0 Å². The molecule has 0 bridgehead atoms. The Hall–Kier alpha value is -1.26. The Morgan fingerprint density at radius 2 is 1.78 bits per heavy atom. The van der Waals surface area contributed by atoms with Crippen LogP contribution in [0.25, 0.3) is 0 Å². The van der Waals surface area contributed by atoms with Crippen molar-refractivity contribution in [3.63, 3.8) is 0 Å². The van der Waals surface area contributed by atoms with E-state index in [0.29, 0.717) is 30.7 Å². The zero-order valence-corrected chi connectivity index (χ0v) is 11.3. The summed E-state index contributed by atoms with van der Waals surface area (Å²) >= 11 is 0. The van der Waals surface area contributed by atoms with E-state index in [1.54, 1.807) is 0 Å². The van der Waals surface area contributed by atoms with Crippen LogP contribution in [-0.4, -0.2) is 37.0 Å². The molecule has 0 radical (unpaired) electrons. The van der Waals surface area contributed by atoms with E-state index in [0.717, 1.165) is 0 Å². The molecule has 0 aliphatic rings. The fourth-order valence-electron chi connectivity index (χ4n) is 1.46. The summed E-state index contributed by atoms with van der Waals surface area (Å²) in [6.45, 7) is 7.38. The molecule has 1 aromatic rings. The highest BCUT2D eigenvalue weighted by Crippen LogP contribution is 2.26. The Morgan fingerprint density at radius 3 is 2.33 bits per heavy atom. The van der Waals surface area contributed by atoms with Crippen LogP contribution in [0.3, 0.4) is 0 Å². The second kappa shape index (κ2) is 7.95. The average Bonchev–Trinajstić information content (AvgIpc) is 2.35. The van der Waals surface area contributed by atoms with Crippen molar-refractivity contribution in [1.82, 2.24) is 5.32 Å². The Morgan fingerprint density at radius 1 is 1.17 bits per heavy atom. The summed E-state index contributed by atoms with van der Waals surface area (Å²) in [7, 11) is 0. The van der Waals surface area contributed by atoms with E-state index >= 15 is 0 Å². The molecule has 2 N–H and O–H groups in total. The molecule has 0 aromatic heterocycles. The van der Waals surface area contributed by atoms with E-state index in [4.69, 9.17) is 9.47 Å². The van der Waals surface area contributed by atoms with E-state index in [1.807, 2.05) is 45.0 Å². The van der Waals surface area contributed by atoms with Crippen molar-refractivity contribution in [1.29, 1.82) is 0 Å². The molecule has 0 spiro atoms. The third kappa shape index (κ3) is 5.38. The smallest absolute Gasteiger partial charge is 0.161 e. The topological polar surface area (TPSA) is 50.7 Å². The van der Waals surface area contributed by atoms with Crippen molar-refractivity contribution in [3.05, 3.63) is 24.3 Å². The van der Waals surface area contributed by atoms with Gasteiger partial charge in [0.2, 0.25) is 0 Å². The van der Waals surface area contributed by atoms with Crippen LogP contribution in [0.5, 0.6) is 11.5 Å². The van der Waals surface area contributed by atoms with Crippen molar-refractivity contribution in [2.24, 2.45) is 0 Å². The Bertz CT molecular complexity index is 342. The van der Waals surface area contributed by atoms with Gasteiger partial charge in [-0.25, -0.2) is 0 Å². The minimum Gasteiger partial charge on any atom is -0.490 e. The van der Waals surface area contributed by atoms with Crippen LogP contribution in [0.15, 0.2) is 24.3 Å². The first-order chi connectivity index (χ1) is 8.63. The summed E-state index contributed by atoms with van der Waals surface area (Å²) in [5, 5.41) is 12.9. The lowest BCUT2D eigenvalue weighted by Crippen LogP contribution is -2.35. The summed E-state index contributed by atoms with van der Waals surface area (Å²) in [5.41, 5.74) is 0. The van der Waals surface area contributed by atoms with Gasteiger partial charge in [-0.2, -0.15) is 0 Å². The zero-order valence-electron chi connectivity index (χ0n) is 11.3. The Balaban J connectivity index is 2.42. The van der Waals surface area contributed by atoms with Gasteiger partial charge < -0.3 is 19.9 Å². The maximum absolute atomic E-state index is 9.75. The first kappa shape index (κ1) is 14.8. The van der Waals surface area contributed by atoms with Crippen molar-refractivity contribution < 1.29 is 14.6 Å². The zero-order chi connectivity index (χ0) is 13.4. The lowest BCUT2D eigenvalue weighted by atomic mass is 10.3. The number of para-hydroxylation sites is 2. The molecule has 1 rings (SSSR count). The molecule has 0 amide bonds. The summed E-state index contributed by atoms with van der Waals surface area (Å²) in [5.74, 6) is 1.38. The number of aliphatic hydroxyl groups is 1. The lowest BCUT2D eigenvalue weighted by molar-refractivity contribution is 0.102. The molecular formula is C14H23NO3. The van der Waals surface area contributed by atoms with Crippen LogP contribution >= 0.6 is 0 Å². The van der Waals surface area contributed by atoms with Gasteiger partial charge in [0.1, 0.15) is 12.7 Å². The second-order valence-electron chi connectivity index (χ2n) is 4.41. The molecule has 4 heteroatoms. The highest BCUT2D eigenvalue weighted by Gasteiger charge is 2.08. The van der Waals surface area contributed by atoms with Gasteiger partial charge >= 0.3 is 0 Å². The third-order valence-corrected chi connectivity index (χ3v) is 2.34. The van der Waals surface area contributed by atoms with Crippen molar-refractivity contribution in [2.45, 2.75) is 32.9 Å². The minimum atomic E-state index is -0.526. The van der Waals surface area contributed by atoms with Crippen molar-refractivity contribution in [2.75, 3.05) is 19.8 Å². The predicted octanol–water partition coefficient (Wildman–Crippen LogP) is 1.82. The lowest BCUT2D eigenvalue weighted by Gasteiger charge is -2.16. The number of rotatable bonds is 8. The van der Waals surface area contributed by atoms with Gasteiger partial charge in [-0.3, -0.25) is 0 Å². The van der Waals surface area contributed by atoms with Gasteiger partial charge in [-0.15, -0.1) is 0 Å². The largest absolute Gasteiger partial charge is 0.490 e. The Kier molecular flexibility index (Phi) is 6.54. The maximum Gasteiger partial charge on any atom is 0.161 e. The van der Waals surface area contributed by atoms with Crippen molar-refractivity contribution in [3.8, 4) is 11.5 Å². The SMILES string of the molecule is CCOc1ccccc1OC[C@@H](O)CNC(C)C. The van der Waals surface area contributed by atoms with E-state index in [-0.39, 0.29) is 6.61 Å². The highest BCUT2D eigenvalue weighted by atomic mass is 16.5. The number of hydrogen-bond acceptors (Lipinski definition) is 4. The maximum atomic E-state index is 9.75. The summed E-state index contributed by atoms with van der Waals surface area (Å²) in [6.07, 6.45) is -0.526. The molecule has 0 saturated carbocycles. The summed E-state index contributed by atoms with van der Waals surface area (Å²) < 4.78 is 11.0. The van der Waals surface area contributed by atoms with Gasteiger partial charge in [0.05, 0.1) is 6.61 Å². The molecule has 102 valence electrons. The van der Waals surface area contributed by atoms with Gasteiger partial charge in [0, 0.05) is 12.6 Å². The molecule has 0 saturated heterocycles. The van der Waals surface area contributed by atoms with Crippen LogP contribution in [0.2, 0.25) is 0 Å². The standard InChI is InChI=1S/C14H23NO3/c1-4-17-13-7-5-6-8-14(13)18-10-12(16)9-15-11(2)3/h5-8,11-12,15-16H,4,9-10H2,1-3H3/t12-/m0/s1. The number of benzene rings is 1. The monoisotopic (exact) mass is 253 g/mol. The van der Waals surface area contributed by atoms with Gasteiger partial charge in [0.15, 0.2) is 11.5 Å². The molecule has 1 atom stereocenters. The van der Waals surface area contributed by atoms with E-state index in [2.05, 4.69) is 5.32 Å². The number of nitrogens with one attached hydrogen (secondary N) is 1. The molecule has 0 heterocycles.